The highest BCUT2D eigenvalue weighted by Crippen LogP contribution is 2.27. The Hall–Kier alpha value is -0.720. The summed E-state index contributed by atoms with van der Waals surface area (Å²) in [5, 5.41) is 4.35. The molecule has 1 amide bonds. The number of hydrogen-bond donors (Lipinski definition) is 1. The molecule has 134 valence electrons. The average Bonchev–Trinajstić information content (AvgIpc) is 3.06. The zero-order chi connectivity index (χ0) is 16.2. The molecule has 1 unspecified atom stereocenters. The first kappa shape index (κ1) is 19.6. The number of halogens is 3. The zero-order valence-electron chi connectivity index (χ0n) is 13.3. The van der Waals surface area contributed by atoms with E-state index >= 15 is 0 Å². The molecule has 0 saturated carbocycles. The lowest BCUT2D eigenvalue weighted by Crippen LogP contribution is -2.49. The van der Waals surface area contributed by atoms with Crippen LogP contribution in [0.2, 0.25) is 10.0 Å². The summed E-state index contributed by atoms with van der Waals surface area (Å²) in [7, 11) is 0. The minimum absolute atomic E-state index is 0. The molecule has 2 heterocycles. The monoisotopic (exact) mass is 393 g/mol. The predicted molar refractivity (Wildman–Crippen MR) is 98.6 cm³/mol. The SMILES string of the molecule is Cl.O=C(COc1cc(Cl)ccc1Cl)N1CCC(N2CCNCC2)C1. The maximum atomic E-state index is 12.3. The number of nitrogens with one attached hydrogen (secondary N) is 1. The fraction of sp³-hybridized carbons (Fsp3) is 0.562. The van der Waals surface area contributed by atoms with Crippen LogP contribution in [0, 0.1) is 0 Å². The molecule has 2 fully saturated rings. The number of benzene rings is 1. The molecule has 0 bridgehead atoms. The molecule has 5 nitrogen and oxygen atoms in total. The van der Waals surface area contributed by atoms with Gasteiger partial charge in [-0.3, -0.25) is 9.69 Å². The van der Waals surface area contributed by atoms with Gasteiger partial charge in [-0.15, -0.1) is 12.4 Å². The van der Waals surface area contributed by atoms with Crippen molar-refractivity contribution >= 4 is 41.5 Å². The summed E-state index contributed by atoms with van der Waals surface area (Å²) in [5.74, 6) is 0.448. The van der Waals surface area contributed by atoms with Gasteiger partial charge in [-0.1, -0.05) is 23.2 Å². The van der Waals surface area contributed by atoms with E-state index in [2.05, 4.69) is 10.2 Å². The minimum atomic E-state index is -0.00562. The van der Waals surface area contributed by atoms with Crippen molar-refractivity contribution in [1.29, 1.82) is 0 Å². The van der Waals surface area contributed by atoms with Gasteiger partial charge in [-0.25, -0.2) is 0 Å². The molecular formula is C16H22Cl3N3O2. The molecule has 0 aliphatic carbocycles. The van der Waals surface area contributed by atoms with Gasteiger partial charge in [0.2, 0.25) is 0 Å². The Balaban J connectivity index is 0.00000208. The summed E-state index contributed by atoms with van der Waals surface area (Å²) in [5.41, 5.74) is 0. The highest BCUT2D eigenvalue weighted by molar-refractivity contribution is 6.34. The fourth-order valence-corrected chi connectivity index (χ4v) is 3.47. The molecule has 24 heavy (non-hydrogen) atoms. The van der Waals surface area contributed by atoms with Crippen LogP contribution in [0.5, 0.6) is 5.75 Å². The molecular weight excluding hydrogens is 373 g/mol. The van der Waals surface area contributed by atoms with Crippen LogP contribution in [0.4, 0.5) is 0 Å². The number of carbonyl (C=O) groups excluding carboxylic acids is 1. The molecule has 1 aromatic carbocycles. The van der Waals surface area contributed by atoms with E-state index in [0.717, 1.165) is 45.7 Å². The van der Waals surface area contributed by atoms with Crippen LogP contribution < -0.4 is 10.1 Å². The standard InChI is InChI=1S/C16H21Cl2N3O2.ClH/c17-12-1-2-14(18)15(9-12)23-11-16(22)21-6-3-13(10-21)20-7-4-19-5-8-20;/h1-2,9,13,19H,3-8,10-11H2;1H. The average molecular weight is 395 g/mol. The van der Waals surface area contributed by atoms with Crippen molar-refractivity contribution in [1.82, 2.24) is 15.1 Å². The van der Waals surface area contributed by atoms with E-state index in [0.29, 0.717) is 21.8 Å². The molecule has 2 aliphatic heterocycles. The van der Waals surface area contributed by atoms with Crippen LogP contribution in [-0.4, -0.2) is 67.6 Å². The quantitative estimate of drug-likeness (QED) is 0.851. The number of piperazine rings is 1. The second-order valence-corrected chi connectivity index (χ2v) is 6.78. The third-order valence-corrected chi connectivity index (χ3v) is 4.98. The van der Waals surface area contributed by atoms with Crippen molar-refractivity contribution in [3.63, 3.8) is 0 Å². The highest BCUT2D eigenvalue weighted by atomic mass is 35.5. The topological polar surface area (TPSA) is 44.8 Å². The van der Waals surface area contributed by atoms with Crippen LogP contribution in [0.3, 0.4) is 0 Å². The van der Waals surface area contributed by atoms with E-state index < -0.39 is 0 Å². The number of amides is 1. The summed E-state index contributed by atoms with van der Waals surface area (Å²) in [6.45, 7) is 5.74. The first-order chi connectivity index (χ1) is 11.1. The molecule has 2 saturated heterocycles. The number of carbonyl (C=O) groups is 1. The van der Waals surface area contributed by atoms with Crippen LogP contribution >= 0.6 is 35.6 Å². The van der Waals surface area contributed by atoms with Crippen molar-refractivity contribution in [2.24, 2.45) is 0 Å². The number of rotatable bonds is 4. The van der Waals surface area contributed by atoms with Gasteiger partial charge in [0, 0.05) is 56.4 Å². The van der Waals surface area contributed by atoms with Crippen molar-refractivity contribution < 1.29 is 9.53 Å². The third-order valence-electron chi connectivity index (χ3n) is 4.43. The summed E-state index contributed by atoms with van der Waals surface area (Å²) >= 11 is 12.0. The van der Waals surface area contributed by atoms with Gasteiger partial charge >= 0.3 is 0 Å². The summed E-state index contributed by atoms with van der Waals surface area (Å²) in [6.07, 6.45) is 1.03. The lowest BCUT2D eigenvalue weighted by atomic mass is 10.2. The zero-order valence-corrected chi connectivity index (χ0v) is 15.7. The summed E-state index contributed by atoms with van der Waals surface area (Å²) < 4.78 is 5.54. The van der Waals surface area contributed by atoms with Gasteiger partial charge in [0.05, 0.1) is 5.02 Å². The van der Waals surface area contributed by atoms with E-state index in [-0.39, 0.29) is 24.9 Å². The van der Waals surface area contributed by atoms with Crippen molar-refractivity contribution in [2.75, 3.05) is 45.9 Å². The lowest BCUT2D eigenvalue weighted by Gasteiger charge is -2.32. The Morgan fingerprint density at radius 2 is 2.00 bits per heavy atom. The lowest BCUT2D eigenvalue weighted by molar-refractivity contribution is -0.132. The Labute approximate surface area is 158 Å². The normalized spacial score (nSPS) is 21.4. The molecule has 8 heteroatoms. The molecule has 0 spiro atoms. The summed E-state index contributed by atoms with van der Waals surface area (Å²) in [6, 6.07) is 5.46. The van der Waals surface area contributed by atoms with E-state index in [1.54, 1.807) is 18.2 Å². The molecule has 2 aliphatic rings. The van der Waals surface area contributed by atoms with Gasteiger partial charge in [0.15, 0.2) is 6.61 Å². The molecule has 3 rings (SSSR count). The molecule has 0 aromatic heterocycles. The van der Waals surface area contributed by atoms with E-state index in [9.17, 15) is 4.79 Å². The van der Waals surface area contributed by atoms with Gasteiger partial charge in [0.25, 0.3) is 5.91 Å². The Morgan fingerprint density at radius 1 is 1.25 bits per heavy atom. The summed E-state index contributed by atoms with van der Waals surface area (Å²) in [4.78, 5) is 16.7. The van der Waals surface area contributed by atoms with Gasteiger partial charge in [0.1, 0.15) is 5.75 Å². The third kappa shape index (κ3) is 4.90. The van der Waals surface area contributed by atoms with E-state index in [4.69, 9.17) is 27.9 Å². The van der Waals surface area contributed by atoms with E-state index in [1.807, 2.05) is 4.90 Å². The highest BCUT2D eigenvalue weighted by Gasteiger charge is 2.31. The number of hydrogen-bond acceptors (Lipinski definition) is 4. The number of nitrogens with zero attached hydrogens (tertiary/aromatic N) is 2. The van der Waals surface area contributed by atoms with E-state index in [1.165, 1.54) is 0 Å². The van der Waals surface area contributed by atoms with Crippen LogP contribution in [0.1, 0.15) is 6.42 Å². The molecule has 1 aromatic rings. The smallest absolute Gasteiger partial charge is 0.260 e. The predicted octanol–water partition coefficient (Wildman–Crippen LogP) is 2.30. The van der Waals surface area contributed by atoms with Crippen molar-refractivity contribution in [2.45, 2.75) is 12.5 Å². The Bertz CT molecular complexity index is 567. The number of ether oxygens (including phenoxy) is 1. The van der Waals surface area contributed by atoms with Crippen molar-refractivity contribution in [3.05, 3.63) is 28.2 Å². The van der Waals surface area contributed by atoms with Crippen molar-refractivity contribution in [3.8, 4) is 5.75 Å². The maximum absolute atomic E-state index is 12.3. The van der Waals surface area contributed by atoms with Gasteiger partial charge in [-0.2, -0.15) is 0 Å². The maximum Gasteiger partial charge on any atom is 0.260 e. The fourth-order valence-electron chi connectivity index (χ4n) is 3.13. The second kappa shape index (κ2) is 9.11. The van der Waals surface area contributed by atoms with Gasteiger partial charge in [-0.05, 0) is 18.6 Å². The number of likely N-dealkylation sites (tertiary alicyclic amines) is 1. The van der Waals surface area contributed by atoms with Gasteiger partial charge < -0.3 is 15.0 Å². The van der Waals surface area contributed by atoms with Crippen LogP contribution in [0.25, 0.3) is 0 Å². The van der Waals surface area contributed by atoms with Crippen LogP contribution in [0.15, 0.2) is 18.2 Å². The Kier molecular flexibility index (Phi) is 7.44. The molecule has 0 radical (unpaired) electrons. The first-order valence-electron chi connectivity index (χ1n) is 7.94. The molecule has 1 N–H and O–H groups in total. The largest absolute Gasteiger partial charge is 0.482 e. The minimum Gasteiger partial charge on any atom is -0.482 e. The second-order valence-electron chi connectivity index (χ2n) is 5.93. The Morgan fingerprint density at radius 3 is 2.75 bits per heavy atom. The van der Waals surface area contributed by atoms with Crippen LogP contribution in [-0.2, 0) is 4.79 Å². The first-order valence-corrected chi connectivity index (χ1v) is 8.69. The molecule has 1 atom stereocenters.